The third-order valence-electron chi connectivity index (χ3n) is 3.67. The molecule has 24 heavy (non-hydrogen) atoms. The molecule has 6 heteroatoms. The number of nitrogens with zero attached hydrogens (tertiary/aromatic N) is 4. The zero-order valence-corrected chi connectivity index (χ0v) is 13.9. The van der Waals surface area contributed by atoms with E-state index in [0.29, 0.717) is 25.3 Å². The monoisotopic (exact) mass is 323 g/mol. The molecule has 0 atom stereocenters. The summed E-state index contributed by atoms with van der Waals surface area (Å²) < 4.78 is 3.59. The first-order chi connectivity index (χ1) is 11.6. The lowest BCUT2D eigenvalue weighted by Gasteiger charge is -2.04. The van der Waals surface area contributed by atoms with E-state index < -0.39 is 0 Å². The van der Waals surface area contributed by atoms with Crippen LogP contribution >= 0.6 is 0 Å². The Labute approximate surface area is 141 Å². The van der Waals surface area contributed by atoms with Crippen molar-refractivity contribution < 1.29 is 4.79 Å². The third-order valence-corrected chi connectivity index (χ3v) is 3.67. The molecule has 1 N–H and O–H groups in total. The standard InChI is InChI=1S/C18H21N5O/c1-14-4-3-5-16(10-14)13-23-8-6-17(21-23)20-18(24)7-9-22-12-15(2)11-19-22/h3-6,8,10-12H,7,9,13H2,1-2H3,(H,20,21,24). The molecule has 3 rings (SSSR count). The first kappa shape index (κ1) is 16.0. The van der Waals surface area contributed by atoms with Gasteiger partial charge in [0.2, 0.25) is 5.91 Å². The summed E-state index contributed by atoms with van der Waals surface area (Å²) in [5, 5.41) is 11.4. The second-order valence-electron chi connectivity index (χ2n) is 5.97. The summed E-state index contributed by atoms with van der Waals surface area (Å²) >= 11 is 0. The Hall–Kier alpha value is -2.89. The maximum Gasteiger partial charge on any atom is 0.227 e. The summed E-state index contributed by atoms with van der Waals surface area (Å²) in [6.07, 6.45) is 5.94. The fourth-order valence-electron chi connectivity index (χ4n) is 2.52. The van der Waals surface area contributed by atoms with Gasteiger partial charge in [-0.25, -0.2) is 0 Å². The van der Waals surface area contributed by atoms with E-state index >= 15 is 0 Å². The van der Waals surface area contributed by atoms with E-state index in [9.17, 15) is 4.79 Å². The largest absolute Gasteiger partial charge is 0.309 e. The molecule has 0 unspecified atom stereocenters. The van der Waals surface area contributed by atoms with Crippen LogP contribution in [0.2, 0.25) is 0 Å². The molecule has 124 valence electrons. The molecule has 1 aromatic carbocycles. The van der Waals surface area contributed by atoms with E-state index in [4.69, 9.17) is 0 Å². The molecule has 0 radical (unpaired) electrons. The van der Waals surface area contributed by atoms with Gasteiger partial charge in [-0.05, 0) is 25.0 Å². The van der Waals surface area contributed by atoms with Crippen molar-refractivity contribution in [3.63, 3.8) is 0 Å². The molecule has 0 spiro atoms. The van der Waals surface area contributed by atoms with E-state index in [1.807, 2.05) is 36.1 Å². The minimum Gasteiger partial charge on any atom is -0.309 e. The Balaban J connectivity index is 1.52. The van der Waals surface area contributed by atoms with Crippen molar-refractivity contribution in [1.29, 1.82) is 0 Å². The first-order valence-corrected chi connectivity index (χ1v) is 7.96. The summed E-state index contributed by atoms with van der Waals surface area (Å²) in [5.41, 5.74) is 3.50. The maximum atomic E-state index is 12.0. The van der Waals surface area contributed by atoms with E-state index in [2.05, 4.69) is 40.6 Å². The number of aryl methyl sites for hydroxylation is 3. The van der Waals surface area contributed by atoms with Crippen LogP contribution in [-0.2, 0) is 17.9 Å². The topological polar surface area (TPSA) is 64.7 Å². The summed E-state index contributed by atoms with van der Waals surface area (Å²) in [4.78, 5) is 12.0. The molecule has 6 nitrogen and oxygen atoms in total. The number of rotatable bonds is 6. The molecule has 2 aromatic heterocycles. The lowest BCUT2D eigenvalue weighted by Crippen LogP contribution is -2.15. The number of amides is 1. The Bertz CT molecular complexity index is 833. The molecule has 0 aliphatic carbocycles. The zero-order chi connectivity index (χ0) is 16.9. The number of hydrogen-bond donors (Lipinski definition) is 1. The van der Waals surface area contributed by atoms with Gasteiger partial charge < -0.3 is 5.32 Å². The van der Waals surface area contributed by atoms with Gasteiger partial charge in [0.05, 0.1) is 12.7 Å². The second-order valence-corrected chi connectivity index (χ2v) is 5.97. The van der Waals surface area contributed by atoms with E-state index in [1.54, 1.807) is 10.9 Å². The Morgan fingerprint density at radius 3 is 2.79 bits per heavy atom. The van der Waals surface area contributed by atoms with Crippen molar-refractivity contribution in [1.82, 2.24) is 19.6 Å². The van der Waals surface area contributed by atoms with Crippen LogP contribution in [0.15, 0.2) is 48.9 Å². The minimum absolute atomic E-state index is 0.0658. The van der Waals surface area contributed by atoms with Gasteiger partial charge in [0.15, 0.2) is 5.82 Å². The summed E-state index contributed by atoms with van der Waals surface area (Å²) in [6, 6.07) is 10.1. The van der Waals surface area contributed by atoms with Gasteiger partial charge in [0, 0.05) is 31.4 Å². The van der Waals surface area contributed by atoms with Crippen molar-refractivity contribution in [3.8, 4) is 0 Å². The molecule has 2 heterocycles. The van der Waals surface area contributed by atoms with Crippen molar-refractivity contribution in [3.05, 3.63) is 65.6 Å². The average Bonchev–Trinajstić information content (AvgIpc) is 3.14. The van der Waals surface area contributed by atoms with Crippen molar-refractivity contribution >= 4 is 11.7 Å². The van der Waals surface area contributed by atoms with Gasteiger partial charge >= 0.3 is 0 Å². The highest BCUT2D eigenvalue weighted by Gasteiger charge is 2.06. The van der Waals surface area contributed by atoms with Crippen LogP contribution < -0.4 is 5.32 Å². The number of aromatic nitrogens is 4. The molecule has 0 aliphatic rings. The molecule has 0 aliphatic heterocycles. The second kappa shape index (κ2) is 7.12. The van der Waals surface area contributed by atoms with Gasteiger partial charge in [0.1, 0.15) is 0 Å². The van der Waals surface area contributed by atoms with Crippen molar-refractivity contribution in [2.24, 2.45) is 0 Å². The molecule has 1 amide bonds. The Morgan fingerprint density at radius 2 is 2.04 bits per heavy atom. The third kappa shape index (κ3) is 4.32. The molecule has 0 saturated carbocycles. The number of anilines is 1. The van der Waals surface area contributed by atoms with Crippen LogP contribution in [0, 0.1) is 13.8 Å². The Kier molecular flexibility index (Phi) is 4.74. The SMILES string of the molecule is Cc1cccc(Cn2ccc(NC(=O)CCn3cc(C)cn3)n2)c1. The van der Waals surface area contributed by atoms with Gasteiger partial charge in [-0.2, -0.15) is 10.2 Å². The number of carbonyl (C=O) groups is 1. The average molecular weight is 323 g/mol. The van der Waals surface area contributed by atoms with E-state index in [0.717, 1.165) is 5.56 Å². The van der Waals surface area contributed by atoms with Gasteiger partial charge in [-0.3, -0.25) is 14.2 Å². The fraction of sp³-hybridized carbons (Fsp3) is 0.278. The van der Waals surface area contributed by atoms with Crippen LogP contribution in [0.1, 0.15) is 23.1 Å². The highest BCUT2D eigenvalue weighted by molar-refractivity contribution is 5.89. The maximum absolute atomic E-state index is 12.0. The molecule has 0 fully saturated rings. The van der Waals surface area contributed by atoms with Gasteiger partial charge in [-0.15, -0.1) is 0 Å². The highest BCUT2D eigenvalue weighted by atomic mass is 16.1. The van der Waals surface area contributed by atoms with Crippen molar-refractivity contribution in [2.45, 2.75) is 33.4 Å². The number of hydrogen-bond acceptors (Lipinski definition) is 3. The lowest BCUT2D eigenvalue weighted by molar-refractivity contribution is -0.116. The van der Waals surface area contributed by atoms with Crippen LogP contribution in [0.5, 0.6) is 0 Å². The fourth-order valence-corrected chi connectivity index (χ4v) is 2.52. The smallest absolute Gasteiger partial charge is 0.227 e. The van der Waals surface area contributed by atoms with Gasteiger partial charge in [0.25, 0.3) is 0 Å². The highest BCUT2D eigenvalue weighted by Crippen LogP contribution is 2.09. The predicted molar refractivity (Wildman–Crippen MR) is 92.7 cm³/mol. The molecule has 3 aromatic rings. The summed E-state index contributed by atoms with van der Waals surface area (Å²) in [6.45, 7) is 5.29. The van der Waals surface area contributed by atoms with E-state index in [1.165, 1.54) is 11.1 Å². The number of nitrogens with one attached hydrogen (secondary N) is 1. The van der Waals surface area contributed by atoms with Crippen LogP contribution in [0.25, 0.3) is 0 Å². The van der Waals surface area contributed by atoms with E-state index in [-0.39, 0.29) is 5.91 Å². The number of benzene rings is 1. The first-order valence-electron chi connectivity index (χ1n) is 7.96. The molecule has 0 bridgehead atoms. The summed E-state index contributed by atoms with van der Waals surface area (Å²) in [7, 11) is 0. The normalized spacial score (nSPS) is 10.8. The van der Waals surface area contributed by atoms with Crippen LogP contribution in [-0.4, -0.2) is 25.5 Å². The minimum atomic E-state index is -0.0658. The summed E-state index contributed by atoms with van der Waals surface area (Å²) in [5.74, 6) is 0.508. The van der Waals surface area contributed by atoms with Crippen molar-refractivity contribution in [2.75, 3.05) is 5.32 Å². The predicted octanol–water partition coefficient (Wildman–Crippen LogP) is 2.77. The molecular formula is C18H21N5O. The van der Waals surface area contributed by atoms with Crippen LogP contribution in [0.4, 0.5) is 5.82 Å². The molecular weight excluding hydrogens is 302 g/mol. The molecule has 0 saturated heterocycles. The Morgan fingerprint density at radius 1 is 1.17 bits per heavy atom. The van der Waals surface area contributed by atoms with Crippen LogP contribution in [0.3, 0.4) is 0 Å². The zero-order valence-electron chi connectivity index (χ0n) is 13.9. The quantitative estimate of drug-likeness (QED) is 0.758. The van der Waals surface area contributed by atoms with Gasteiger partial charge in [-0.1, -0.05) is 29.8 Å². The number of carbonyl (C=O) groups excluding carboxylic acids is 1. The lowest BCUT2D eigenvalue weighted by atomic mass is 10.1.